The van der Waals surface area contributed by atoms with Crippen molar-refractivity contribution < 1.29 is 23.5 Å². The summed E-state index contributed by atoms with van der Waals surface area (Å²) in [6, 6.07) is 9.00. The third-order valence-electron chi connectivity index (χ3n) is 3.52. The van der Waals surface area contributed by atoms with Crippen molar-refractivity contribution >= 4 is 5.91 Å². The molecule has 1 saturated heterocycles. The van der Waals surface area contributed by atoms with Gasteiger partial charge >= 0.3 is 0 Å². The second-order valence-electron chi connectivity index (χ2n) is 5.20. The normalized spacial score (nSPS) is 17.0. The molecule has 1 aromatic heterocycles. The number of nitrogens with one attached hydrogen (secondary N) is 1. The molecule has 1 atom stereocenters. The van der Waals surface area contributed by atoms with E-state index in [2.05, 4.69) is 10.5 Å². The number of hydrogen-bond acceptors (Lipinski definition) is 6. The van der Waals surface area contributed by atoms with Crippen molar-refractivity contribution in [2.24, 2.45) is 0 Å². The molecule has 0 radical (unpaired) electrons. The van der Waals surface area contributed by atoms with Gasteiger partial charge in [-0.3, -0.25) is 4.79 Å². The Morgan fingerprint density at radius 3 is 2.91 bits per heavy atom. The highest BCUT2D eigenvalue weighted by Gasteiger charge is 2.21. The van der Waals surface area contributed by atoms with Gasteiger partial charge in [-0.2, -0.15) is 0 Å². The van der Waals surface area contributed by atoms with Crippen molar-refractivity contribution in [3.63, 3.8) is 0 Å². The van der Waals surface area contributed by atoms with Crippen LogP contribution in [0.1, 0.15) is 22.5 Å². The Bertz CT molecular complexity index is 647. The quantitative estimate of drug-likeness (QED) is 0.874. The molecule has 1 fully saturated rings. The molecule has 0 spiro atoms. The van der Waals surface area contributed by atoms with E-state index in [0.29, 0.717) is 19.8 Å². The van der Waals surface area contributed by atoms with Crippen LogP contribution in [0.15, 0.2) is 34.9 Å². The van der Waals surface area contributed by atoms with Gasteiger partial charge < -0.3 is 24.1 Å². The van der Waals surface area contributed by atoms with Gasteiger partial charge in [-0.1, -0.05) is 12.1 Å². The van der Waals surface area contributed by atoms with E-state index in [-0.39, 0.29) is 23.6 Å². The predicted octanol–water partition coefficient (Wildman–Crippen LogP) is 1.78. The molecule has 7 heteroatoms. The molecule has 1 N–H and O–H groups in total. The number of hydrogen-bond donors (Lipinski definition) is 1. The molecule has 23 heavy (non-hydrogen) atoms. The average Bonchev–Trinajstić information content (AvgIpc) is 3.25. The van der Waals surface area contributed by atoms with Gasteiger partial charge in [0.15, 0.2) is 0 Å². The number of rotatable bonds is 6. The third-order valence-corrected chi connectivity index (χ3v) is 3.52. The molecule has 7 nitrogen and oxygen atoms in total. The maximum absolute atomic E-state index is 12.0. The molecule has 0 unspecified atom stereocenters. The summed E-state index contributed by atoms with van der Waals surface area (Å²) in [5, 5.41) is 6.57. The van der Waals surface area contributed by atoms with Crippen LogP contribution >= 0.6 is 0 Å². The Morgan fingerprint density at radius 1 is 1.39 bits per heavy atom. The van der Waals surface area contributed by atoms with Gasteiger partial charge in [0.05, 0.1) is 25.8 Å². The van der Waals surface area contributed by atoms with Crippen molar-refractivity contribution in [1.29, 1.82) is 0 Å². The van der Waals surface area contributed by atoms with Crippen LogP contribution in [-0.4, -0.2) is 37.4 Å². The lowest BCUT2D eigenvalue weighted by Gasteiger charge is -2.07. The number of methoxy groups -OCH3 is 1. The second kappa shape index (κ2) is 7.15. The molecule has 0 aliphatic carbocycles. The standard InChI is InChI=1S/C16H18N2O5/c1-20-13-4-2-11(3-5-13)9-22-15-8-14(23-18-15)16(19)17-12-6-7-21-10-12/h2-5,8,12H,6-7,9-10H2,1H3,(H,17,19)/t12-/m0/s1. The maximum Gasteiger partial charge on any atom is 0.290 e. The number of amides is 1. The molecule has 1 aliphatic heterocycles. The van der Waals surface area contributed by atoms with E-state index in [4.69, 9.17) is 18.7 Å². The fourth-order valence-corrected chi connectivity index (χ4v) is 2.22. The molecule has 1 aliphatic rings. The van der Waals surface area contributed by atoms with Crippen LogP contribution in [0.3, 0.4) is 0 Å². The SMILES string of the molecule is COc1ccc(COc2cc(C(=O)N[C@H]3CCOC3)on2)cc1. The van der Waals surface area contributed by atoms with E-state index in [1.165, 1.54) is 6.07 Å². The summed E-state index contributed by atoms with van der Waals surface area (Å²) in [5.41, 5.74) is 0.961. The van der Waals surface area contributed by atoms with Gasteiger partial charge in [-0.05, 0) is 29.3 Å². The zero-order valence-corrected chi connectivity index (χ0v) is 12.8. The van der Waals surface area contributed by atoms with Crippen LogP contribution in [0, 0.1) is 0 Å². The molecular weight excluding hydrogens is 300 g/mol. The first-order valence-electron chi connectivity index (χ1n) is 7.35. The summed E-state index contributed by atoms with van der Waals surface area (Å²) in [7, 11) is 1.62. The molecule has 2 heterocycles. The number of benzene rings is 1. The number of carbonyl (C=O) groups excluding carboxylic acids is 1. The predicted molar refractivity (Wildman–Crippen MR) is 80.5 cm³/mol. The second-order valence-corrected chi connectivity index (χ2v) is 5.20. The molecule has 1 amide bonds. The van der Waals surface area contributed by atoms with Crippen molar-refractivity contribution in [3.05, 3.63) is 41.7 Å². The fourth-order valence-electron chi connectivity index (χ4n) is 2.22. The van der Waals surface area contributed by atoms with Crippen LogP contribution in [0.4, 0.5) is 0 Å². The lowest BCUT2D eigenvalue weighted by Crippen LogP contribution is -2.34. The average molecular weight is 318 g/mol. The van der Waals surface area contributed by atoms with Crippen LogP contribution in [0.2, 0.25) is 0 Å². The number of aromatic nitrogens is 1. The lowest BCUT2D eigenvalue weighted by atomic mass is 10.2. The molecular formula is C16H18N2O5. The number of nitrogens with zero attached hydrogens (tertiary/aromatic N) is 1. The smallest absolute Gasteiger partial charge is 0.290 e. The van der Waals surface area contributed by atoms with Crippen LogP contribution in [-0.2, 0) is 11.3 Å². The summed E-state index contributed by atoms with van der Waals surface area (Å²) in [4.78, 5) is 12.0. The molecule has 1 aromatic carbocycles. The van der Waals surface area contributed by atoms with E-state index < -0.39 is 0 Å². The summed E-state index contributed by atoms with van der Waals surface area (Å²) >= 11 is 0. The highest BCUT2D eigenvalue weighted by Crippen LogP contribution is 2.16. The highest BCUT2D eigenvalue weighted by atomic mass is 16.5. The zero-order chi connectivity index (χ0) is 16.1. The minimum atomic E-state index is -0.313. The summed E-state index contributed by atoms with van der Waals surface area (Å²) in [5.74, 6) is 0.868. The van der Waals surface area contributed by atoms with Crippen LogP contribution in [0.5, 0.6) is 11.6 Å². The minimum absolute atomic E-state index is 0.0243. The number of ether oxygens (including phenoxy) is 3. The zero-order valence-electron chi connectivity index (χ0n) is 12.8. The highest BCUT2D eigenvalue weighted by molar-refractivity contribution is 5.91. The van der Waals surface area contributed by atoms with E-state index in [9.17, 15) is 4.79 Å². The van der Waals surface area contributed by atoms with E-state index >= 15 is 0 Å². The van der Waals surface area contributed by atoms with E-state index in [1.807, 2.05) is 24.3 Å². The van der Waals surface area contributed by atoms with Gasteiger partial charge in [0, 0.05) is 6.61 Å². The first kappa shape index (κ1) is 15.4. The fraction of sp³-hybridized carbons (Fsp3) is 0.375. The van der Waals surface area contributed by atoms with Crippen molar-refractivity contribution in [2.75, 3.05) is 20.3 Å². The lowest BCUT2D eigenvalue weighted by molar-refractivity contribution is 0.0892. The van der Waals surface area contributed by atoms with Crippen molar-refractivity contribution in [1.82, 2.24) is 10.5 Å². The Morgan fingerprint density at radius 2 is 2.22 bits per heavy atom. The largest absolute Gasteiger partial charge is 0.497 e. The Balaban J connectivity index is 1.52. The summed E-state index contributed by atoms with van der Waals surface area (Å²) in [6.45, 7) is 1.52. The first-order chi connectivity index (χ1) is 11.2. The van der Waals surface area contributed by atoms with Crippen LogP contribution < -0.4 is 14.8 Å². The Hall–Kier alpha value is -2.54. The van der Waals surface area contributed by atoms with E-state index in [1.54, 1.807) is 7.11 Å². The summed E-state index contributed by atoms with van der Waals surface area (Å²) in [6.07, 6.45) is 0.806. The molecule has 0 bridgehead atoms. The minimum Gasteiger partial charge on any atom is -0.497 e. The Labute approximate surface area is 133 Å². The molecule has 2 aromatic rings. The maximum atomic E-state index is 12.0. The van der Waals surface area contributed by atoms with Gasteiger partial charge in [-0.25, -0.2) is 0 Å². The van der Waals surface area contributed by atoms with Crippen molar-refractivity contribution in [3.8, 4) is 11.6 Å². The molecule has 3 rings (SSSR count). The Kier molecular flexibility index (Phi) is 4.77. The first-order valence-corrected chi connectivity index (χ1v) is 7.35. The van der Waals surface area contributed by atoms with Gasteiger partial charge in [0.1, 0.15) is 12.4 Å². The summed E-state index contributed by atoms with van der Waals surface area (Å²) < 4.78 is 20.8. The van der Waals surface area contributed by atoms with Gasteiger partial charge in [0.25, 0.3) is 11.8 Å². The third kappa shape index (κ3) is 4.01. The molecule has 122 valence electrons. The van der Waals surface area contributed by atoms with Gasteiger partial charge in [0.2, 0.25) is 5.76 Å². The number of carbonyl (C=O) groups is 1. The van der Waals surface area contributed by atoms with E-state index in [0.717, 1.165) is 17.7 Å². The van der Waals surface area contributed by atoms with Crippen molar-refractivity contribution in [2.45, 2.75) is 19.1 Å². The van der Waals surface area contributed by atoms with Gasteiger partial charge in [-0.15, -0.1) is 0 Å². The topological polar surface area (TPSA) is 82.8 Å². The monoisotopic (exact) mass is 318 g/mol. The van der Waals surface area contributed by atoms with Crippen LogP contribution in [0.25, 0.3) is 0 Å². The molecule has 0 saturated carbocycles.